The van der Waals surface area contributed by atoms with Crippen molar-refractivity contribution in [2.45, 2.75) is 44.6 Å². The third-order valence-electron chi connectivity index (χ3n) is 5.06. The van der Waals surface area contributed by atoms with E-state index in [4.69, 9.17) is 4.74 Å². The third kappa shape index (κ3) is 4.26. The summed E-state index contributed by atoms with van der Waals surface area (Å²) in [5.74, 6) is 1.76. The number of fused-ring (bicyclic) bond motifs is 1. The van der Waals surface area contributed by atoms with E-state index in [1.807, 2.05) is 0 Å². The molecule has 1 aliphatic carbocycles. The van der Waals surface area contributed by atoms with Gasteiger partial charge in [0.2, 0.25) is 0 Å². The van der Waals surface area contributed by atoms with Crippen LogP contribution in [0, 0.1) is 5.92 Å². The predicted octanol–water partition coefficient (Wildman–Crippen LogP) is 5.12. The zero-order valence-electron chi connectivity index (χ0n) is 14.5. The Kier molecular flexibility index (Phi) is 5.56. The molecule has 0 spiro atoms. The van der Waals surface area contributed by atoms with Crippen LogP contribution in [0.1, 0.15) is 38.5 Å². The van der Waals surface area contributed by atoms with Crippen molar-refractivity contribution in [1.82, 2.24) is 4.90 Å². The second-order valence-corrected chi connectivity index (χ2v) is 7.12. The Morgan fingerprint density at radius 2 is 1.74 bits per heavy atom. The van der Waals surface area contributed by atoms with Crippen molar-refractivity contribution in [3.8, 4) is 5.75 Å². The fourth-order valence-corrected chi connectivity index (χ4v) is 3.74. The minimum absolute atomic E-state index is 0.337. The van der Waals surface area contributed by atoms with E-state index in [0.29, 0.717) is 12.0 Å². The molecule has 1 unspecified atom stereocenters. The lowest BCUT2D eigenvalue weighted by Gasteiger charge is -2.32. The SMILES string of the molecule is CN(C)CCC(Oc1cccc2ccccc12)C1CCCCC1. The van der Waals surface area contributed by atoms with Crippen LogP contribution < -0.4 is 4.74 Å². The lowest BCUT2D eigenvalue weighted by Crippen LogP contribution is -2.32. The molecule has 0 bridgehead atoms. The molecule has 3 rings (SSSR count). The van der Waals surface area contributed by atoms with Crippen LogP contribution in [0.2, 0.25) is 0 Å². The molecule has 2 nitrogen and oxygen atoms in total. The van der Waals surface area contributed by atoms with Crippen LogP contribution >= 0.6 is 0 Å². The molecular weight excluding hydrogens is 282 g/mol. The Balaban J connectivity index is 1.80. The van der Waals surface area contributed by atoms with Gasteiger partial charge in [0.15, 0.2) is 0 Å². The molecule has 0 saturated heterocycles. The van der Waals surface area contributed by atoms with Crippen LogP contribution in [-0.2, 0) is 0 Å². The quantitative estimate of drug-likeness (QED) is 0.734. The molecule has 0 aliphatic heterocycles. The molecule has 23 heavy (non-hydrogen) atoms. The maximum absolute atomic E-state index is 6.59. The zero-order chi connectivity index (χ0) is 16.1. The number of nitrogens with zero attached hydrogens (tertiary/aromatic N) is 1. The summed E-state index contributed by atoms with van der Waals surface area (Å²) in [5, 5.41) is 2.50. The molecule has 2 aromatic carbocycles. The Hall–Kier alpha value is -1.54. The summed E-state index contributed by atoms with van der Waals surface area (Å²) in [6, 6.07) is 14.9. The van der Waals surface area contributed by atoms with Crippen LogP contribution in [0.3, 0.4) is 0 Å². The summed E-state index contributed by atoms with van der Waals surface area (Å²) in [7, 11) is 4.30. The second kappa shape index (κ2) is 7.83. The third-order valence-corrected chi connectivity index (χ3v) is 5.06. The van der Waals surface area contributed by atoms with E-state index in [1.54, 1.807) is 0 Å². The van der Waals surface area contributed by atoms with Gasteiger partial charge in [-0.3, -0.25) is 0 Å². The van der Waals surface area contributed by atoms with Crippen molar-refractivity contribution >= 4 is 10.8 Å². The number of rotatable bonds is 6. The molecule has 2 aromatic rings. The first-order valence-corrected chi connectivity index (χ1v) is 9.03. The van der Waals surface area contributed by atoms with Gasteiger partial charge in [-0.05, 0) is 50.7 Å². The summed E-state index contributed by atoms with van der Waals surface area (Å²) in [4.78, 5) is 2.27. The first-order valence-electron chi connectivity index (χ1n) is 9.03. The van der Waals surface area contributed by atoms with E-state index in [9.17, 15) is 0 Å². The standard InChI is InChI=1S/C21H29NO/c1-22(2)16-15-20(18-10-4-3-5-11-18)23-21-14-8-12-17-9-6-7-13-19(17)21/h6-9,12-14,18,20H,3-5,10-11,15-16H2,1-2H3. The predicted molar refractivity (Wildman–Crippen MR) is 98.1 cm³/mol. The van der Waals surface area contributed by atoms with Crippen molar-refractivity contribution in [3.63, 3.8) is 0 Å². The topological polar surface area (TPSA) is 12.5 Å². The Labute approximate surface area is 140 Å². The molecule has 1 aliphatic rings. The monoisotopic (exact) mass is 311 g/mol. The molecule has 124 valence electrons. The van der Waals surface area contributed by atoms with Gasteiger partial charge in [-0.25, -0.2) is 0 Å². The molecule has 0 radical (unpaired) electrons. The second-order valence-electron chi connectivity index (χ2n) is 7.12. The molecule has 0 heterocycles. The molecule has 1 saturated carbocycles. The van der Waals surface area contributed by atoms with Crippen molar-refractivity contribution < 1.29 is 4.74 Å². The highest BCUT2D eigenvalue weighted by Gasteiger charge is 2.25. The molecule has 0 aromatic heterocycles. The van der Waals surface area contributed by atoms with Crippen LogP contribution in [-0.4, -0.2) is 31.6 Å². The van der Waals surface area contributed by atoms with Crippen molar-refractivity contribution in [3.05, 3.63) is 42.5 Å². The van der Waals surface area contributed by atoms with E-state index in [2.05, 4.69) is 61.5 Å². The molecule has 0 N–H and O–H groups in total. The summed E-state index contributed by atoms with van der Waals surface area (Å²) >= 11 is 0. The number of hydrogen-bond acceptors (Lipinski definition) is 2. The molecular formula is C21H29NO. The van der Waals surface area contributed by atoms with Crippen molar-refractivity contribution in [1.29, 1.82) is 0 Å². The lowest BCUT2D eigenvalue weighted by atomic mass is 9.84. The number of ether oxygens (including phenoxy) is 1. The van der Waals surface area contributed by atoms with Crippen LogP contribution in [0.4, 0.5) is 0 Å². The molecule has 1 atom stereocenters. The fourth-order valence-electron chi connectivity index (χ4n) is 3.74. The largest absolute Gasteiger partial charge is 0.489 e. The minimum Gasteiger partial charge on any atom is -0.489 e. The van der Waals surface area contributed by atoms with E-state index in [1.165, 1.54) is 42.9 Å². The van der Waals surface area contributed by atoms with Gasteiger partial charge in [0.05, 0.1) is 0 Å². The highest BCUT2D eigenvalue weighted by molar-refractivity contribution is 5.88. The Bertz CT molecular complexity index is 611. The molecule has 0 amide bonds. The molecule has 1 fully saturated rings. The number of hydrogen-bond donors (Lipinski definition) is 0. The van der Waals surface area contributed by atoms with E-state index in [0.717, 1.165) is 18.7 Å². The minimum atomic E-state index is 0.337. The van der Waals surface area contributed by atoms with E-state index in [-0.39, 0.29) is 0 Å². The summed E-state index contributed by atoms with van der Waals surface area (Å²) in [6.07, 6.45) is 8.21. The van der Waals surface area contributed by atoms with Crippen molar-refractivity contribution in [2.75, 3.05) is 20.6 Å². The fraction of sp³-hybridized carbons (Fsp3) is 0.524. The van der Waals surface area contributed by atoms with E-state index < -0.39 is 0 Å². The maximum Gasteiger partial charge on any atom is 0.127 e. The lowest BCUT2D eigenvalue weighted by molar-refractivity contribution is 0.0937. The van der Waals surface area contributed by atoms with Gasteiger partial charge in [0.1, 0.15) is 11.9 Å². The first-order chi connectivity index (χ1) is 11.2. The maximum atomic E-state index is 6.59. The van der Waals surface area contributed by atoms with Gasteiger partial charge in [-0.15, -0.1) is 0 Å². The normalized spacial score (nSPS) is 17.5. The highest BCUT2D eigenvalue weighted by atomic mass is 16.5. The number of benzene rings is 2. The summed E-state index contributed by atoms with van der Waals surface area (Å²) < 4.78 is 6.59. The molecule has 2 heteroatoms. The van der Waals surface area contributed by atoms with Crippen molar-refractivity contribution in [2.24, 2.45) is 5.92 Å². The van der Waals surface area contributed by atoms with Gasteiger partial charge < -0.3 is 9.64 Å². The summed E-state index contributed by atoms with van der Waals surface area (Å²) in [5.41, 5.74) is 0. The van der Waals surface area contributed by atoms with Crippen LogP contribution in [0.25, 0.3) is 10.8 Å². The van der Waals surface area contributed by atoms with Gasteiger partial charge in [0, 0.05) is 11.9 Å². The van der Waals surface area contributed by atoms with Gasteiger partial charge in [0.25, 0.3) is 0 Å². The average Bonchev–Trinajstić information content (AvgIpc) is 2.59. The smallest absolute Gasteiger partial charge is 0.127 e. The van der Waals surface area contributed by atoms with Gasteiger partial charge in [-0.1, -0.05) is 55.7 Å². The Morgan fingerprint density at radius 3 is 2.52 bits per heavy atom. The first kappa shape index (κ1) is 16.3. The van der Waals surface area contributed by atoms with Gasteiger partial charge >= 0.3 is 0 Å². The van der Waals surface area contributed by atoms with E-state index >= 15 is 0 Å². The van der Waals surface area contributed by atoms with Gasteiger partial charge in [-0.2, -0.15) is 0 Å². The van der Waals surface area contributed by atoms with Crippen LogP contribution in [0.15, 0.2) is 42.5 Å². The Morgan fingerprint density at radius 1 is 1.00 bits per heavy atom. The van der Waals surface area contributed by atoms with Crippen LogP contribution in [0.5, 0.6) is 5.75 Å². The highest BCUT2D eigenvalue weighted by Crippen LogP contribution is 2.33. The average molecular weight is 311 g/mol. The summed E-state index contributed by atoms with van der Waals surface area (Å²) in [6.45, 7) is 1.09. The zero-order valence-corrected chi connectivity index (χ0v) is 14.5.